The Balaban J connectivity index is 3.03. The molecule has 1 rings (SSSR count). The number of nitrogens with one attached hydrogen (secondary N) is 3. The lowest BCUT2D eigenvalue weighted by Crippen LogP contribution is -2.58. The summed E-state index contributed by atoms with van der Waals surface area (Å²) >= 11 is 0. The van der Waals surface area contributed by atoms with Crippen molar-refractivity contribution in [2.24, 2.45) is 44.6 Å². The van der Waals surface area contributed by atoms with Crippen LogP contribution in [0.25, 0.3) is 0 Å². The molecule has 1 aromatic rings. The van der Waals surface area contributed by atoms with E-state index in [4.69, 9.17) is 28.7 Å². The first kappa shape index (κ1) is 35.4. The molecule has 0 fully saturated rings. The molecule has 15 N–H and O–H groups in total. The lowest BCUT2D eigenvalue weighted by atomic mass is 10.00. The fraction of sp³-hybridized carbons (Fsp3) is 0.538. The molecular weight excluding hydrogens is 548 g/mol. The van der Waals surface area contributed by atoms with Crippen molar-refractivity contribution in [1.82, 2.24) is 16.0 Å². The molecule has 16 nitrogen and oxygen atoms in total. The molecule has 4 unspecified atom stereocenters. The number of aromatic hydroxyl groups is 1. The summed E-state index contributed by atoms with van der Waals surface area (Å²) in [4.78, 5) is 58.8. The van der Waals surface area contributed by atoms with Crippen LogP contribution in [0.1, 0.15) is 45.1 Å². The SMILES string of the molecule is CC(C)C(NC(=O)C(Cc1ccc(O)cc1)NC(=O)C(N)CCCN=C(N)N)C(=O)NC(CCCN=C(N)N)C(=O)O. The number of carbonyl (C=O) groups is 4. The highest BCUT2D eigenvalue weighted by Crippen LogP contribution is 2.13. The number of phenols is 1. The first-order chi connectivity index (χ1) is 19.7. The lowest BCUT2D eigenvalue weighted by molar-refractivity contribution is -0.142. The van der Waals surface area contributed by atoms with E-state index in [0.717, 1.165) is 0 Å². The van der Waals surface area contributed by atoms with Gasteiger partial charge < -0.3 is 54.8 Å². The second kappa shape index (κ2) is 18.0. The fourth-order valence-corrected chi connectivity index (χ4v) is 3.82. The van der Waals surface area contributed by atoms with E-state index >= 15 is 0 Å². The summed E-state index contributed by atoms with van der Waals surface area (Å²) in [5, 5.41) is 26.9. The molecule has 234 valence electrons. The van der Waals surface area contributed by atoms with Gasteiger partial charge in [0.25, 0.3) is 0 Å². The number of carboxylic acid groups (broad SMARTS) is 1. The highest BCUT2D eigenvalue weighted by Gasteiger charge is 2.32. The highest BCUT2D eigenvalue weighted by atomic mass is 16.4. The van der Waals surface area contributed by atoms with E-state index in [2.05, 4.69) is 25.9 Å². The van der Waals surface area contributed by atoms with E-state index in [-0.39, 0.29) is 50.0 Å². The molecule has 0 aliphatic carbocycles. The van der Waals surface area contributed by atoms with Gasteiger partial charge in [0.15, 0.2) is 11.9 Å². The predicted molar refractivity (Wildman–Crippen MR) is 158 cm³/mol. The number of aliphatic carboxylic acids is 1. The molecule has 0 heterocycles. The molecule has 16 heteroatoms. The van der Waals surface area contributed by atoms with Crippen molar-refractivity contribution in [3.05, 3.63) is 29.8 Å². The van der Waals surface area contributed by atoms with Crippen LogP contribution >= 0.6 is 0 Å². The van der Waals surface area contributed by atoms with Gasteiger partial charge in [0.05, 0.1) is 6.04 Å². The van der Waals surface area contributed by atoms with Crippen molar-refractivity contribution < 1.29 is 29.4 Å². The van der Waals surface area contributed by atoms with Gasteiger partial charge >= 0.3 is 5.97 Å². The molecule has 0 radical (unpaired) electrons. The number of hydrogen-bond acceptors (Lipinski definition) is 8. The number of carboxylic acids is 1. The minimum atomic E-state index is -1.26. The van der Waals surface area contributed by atoms with Gasteiger partial charge in [0.1, 0.15) is 23.9 Å². The summed E-state index contributed by atoms with van der Waals surface area (Å²) in [6, 6.07) is 1.57. The number of nitrogens with zero attached hydrogens (tertiary/aromatic N) is 2. The van der Waals surface area contributed by atoms with Crippen LogP contribution in [0.5, 0.6) is 5.75 Å². The largest absolute Gasteiger partial charge is 0.508 e. The van der Waals surface area contributed by atoms with Crippen LogP contribution in [0.2, 0.25) is 0 Å². The molecule has 0 bridgehead atoms. The monoisotopic (exact) mass is 592 g/mol. The third-order valence-corrected chi connectivity index (χ3v) is 6.12. The van der Waals surface area contributed by atoms with Crippen LogP contribution in [0, 0.1) is 5.92 Å². The average molecular weight is 593 g/mol. The Labute approximate surface area is 244 Å². The maximum atomic E-state index is 13.4. The van der Waals surface area contributed by atoms with Crippen molar-refractivity contribution in [1.29, 1.82) is 0 Å². The fourth-order valence-electron chi connectivity index (χ4n) is 3.82. The summed E-state index contributed by atoms with van der Waals surface area (Å²) in [7, 11) is 0. The summed E-state index contributed by atoms with van der Waals surface area (Å²) in [6.07, 6.45) is 1.03. The van der Waals surface area contributed by atoms with E-state index in [1.54, 1.807) is 26.0 Å². The number of amides is 3. The second-order valence-corrected chi connectivity index (χ2v) is 10.1. The molecule has 42 heavy (non-hydrogen) atoms. The van der Waals surface area contributed by atoms with Gasteiger partial charge in [-0.1, -0.05) is 26.0 Å². The molecule has 0 saturated heterocycles. The van der Waals surface area contributed by atoms with Crippen LogP contribution in [0.15, 0.2) is 34.3 Å². The van der Waals surface area contributed by atoms with E-state index < -0.39 is 53.8 Å². The minimum absolute atomic E-state index is 0.0214. The Morgan fingerprint density at radius 3 is 1.81 bits per heavy atom. The summed E-state index contributed by atoms with van der Waals surface area (Å²) in [5.74, 6) is -3.87. The zero-order chi connectivity index (χ0) is 31.8. The Bertz CT molecular complexity index is 1100. The predicted octanol–water partition coefficient (Wildman–Crippen LogP) is -2.44. The van der Waals surface area contributed by atoms with Gasteiger partial charge in [0, 0.05) is 19.5 Å². The number of nitrogens with two attached hydrogens (primary N) is 5. The Morgan fingerprint density at radius 2 is 1.31 bits per heavy atom. The van der Waals surface area contributed by atoms with Gasteiger partial charge in [-0.25, -0.2) is 4.79 Å². The van der Waals surface area contributed by atoms with Crippen molar-refractivity contribution in [2.75, 3.05) is 13.1 Å². The van der Waals surface area contributed by atoms with Crippen molar-refractivity contribution in [3.8, 4) is 5.75 Å². The van der Waals surface area contributed by atoms with E-state index in [0.29, 0.717) is 18.4 Å². The number of guanidine groups is 2. The number of phenolic OH excluding ortho intramolecular Hbond substituents is 1. The van der Waals surface area contributed by atoms with Gasteiger partial charge in [0.2, 0.25) is 17.7 Å². The summed E-state index contributed by atoms with van der Waals surface area (Å²) < 4.78 is 0. The van der Waals surface area contributed by atoms with Crippen LogP contribution in [-0.2, 0) is 25.6 Å². The molecule has 0 spiro atoms. The van der Waals surface area contributed by atoms with E-state index in [9.17, 15) is 29.4 Å². The summed E-state index contributed by atoms with van der Waals surface area (Å²) in [5.41, 5.74) is 27.8. The maximum Gasteiger partial charge on any atom is 0.326 e. The summed E-state index contributed by atoms with van der Waals surface area (Å²) in [6.45, 7) is 3.82. The molecule has 0 aliphatic rings. The Kier molecular flexibility index (Phi) is 15.1. The number of aliphatic imine (C=N–C) groups is 2. The first-order valence-corrected chi connectivity index (χ1v) is 13.5. The van der Waals surface area contributed by atoms with Gasteiger partial charge in [-0.3, -0.25) is 24.4 Å². The first-order valence-electron chi connectivity index (χ1n) is 13.5. The quantitative estimate of drug-likeness (QED) is 0.0485. The topological polar surface area (TPSA) is 300 Å². The third-order valence-electron chi connectivity index (χ3n) is 6.12. The molecule has 0 saturated carbocycles. The smallest absolute Gasteiger partial charge is 0.326 e. The Hall–Kier alpha value is -4.60. The van der Waals surface area contributed by atoms with Crippen molar-refractivity contribution in [3.63, 3.8) is 0 Å². The third kappa shape index (κ3) is 13.6. The molecule has 3 amide bonds. The maximum absolute atomic E-state index is 13.4. The van der Waals surface area contributed by atoms with Crippen molar-refractivity contribution in [2.45, 2.75) is 70.1 Å². The standard InChI is InChI=1S/C26H44N10O6/c1-14(2)20(23(40)34-18(24(41)42)6-4-12-33-26(30)31)36-22(39)19(13-15-7-9-16(37)10-8-15)35-21(38)17(27)5-3-11-32-25(28)29/h7-10,14,17-20,37H,3-6,11-13,27H2,1-2H3,(H,34,40)(H,35,38)(H,36,39)(H,41,42)(H4,28,29,32)(H4,30,31,33). The zero-order valence-electron chi connectivity index (χ0n) is 24.0. The number of hydrogen-bond donors (Lipinski definition) is 10. The number of carbonyl (C=O) groups excluding carboxylic acids is 3. The van der Waals surface area contributed by atoms with Crippen LogP contribution in [0.3, 0.4) is 0 Å². The van der Waals surface area contributed by atoms with Crippen molar-refractivity contribution >= 4 is 35.6 Å². The average Bonchev–Trinajstić information content (AvgIpc) is 2.91. The second-order valence-electron chi connectivity index (χ2n) is 10.1. The van der Waals surface area contributed by atoms with Gasteiger partial charge in [-0.05, 0) is 49.3 Å². The molecule has 0 aliphatic heterocycles. The lowest BCUT2D eigenvalue weighted by Gasteiger charge is -2.27. The minimum Gasteiger partial charge on any atom is -0.508 e. The van der Waals surface area contributed by atoms with E-state index in [1.165, 1.54) is 12.1 Å². The highest BCUT2D eigenvalue weighted by molar-refractivity contribution is 5.94. The van der Waals surface area contributed by atoms with Crippen LogP contribution < -0.4 is 44.6 Å². The number of rotatable bonds is 18. The van der Waals surface area contributed by atoms with Crippen LogP contribution in [0.4, 0.5) is 0 Å². The zero-order valence-corrected chi connectivity index (χ0v) is 24.0. The Morgan fingerprint density at radius 1 is 0.786 bits per heavy atom. The van der Waals surface area contributed by atoms with Gasteiger partial charge in [-0.15, -0.1) is 0 Å². The number of benzene rings is 1. The van der Waals surface area contributed by atoms with Crippen LogP contribution in [-0.4, -0.2) is 83.1 Å². The van der Waals surface area contributed by atoms with E-state index in [1.807, 2.05) is 0 Å². The molecule has 0 aromatic heterocycles. The van der Waals surface area contributed by atoms with Gasteiger partial charge in [-0.2, -0.15) is 0 Å². The normalized spacial score (nSPS) is 13.6. The molecule has 1 aromatic carbocycles. The molecular formula is C26H44N10O6. The molecule has 4 atom stereocenters.